The Morgan fingerprint density at radius 2 is 2.21 bits per heavy atom. The van der Waals surface area contributed by atoms with E-state index >= 15 is 0 Å². The van der Waals surface area contributed by atoms with Crippen molar-refractivity contribution in [1.29, 1.82) is 0 Å². The fraction of sp³-hybridized carbons (Fsp3) is 0.417. The molecule has 3 N–H and O–H groups in total. The highest BCUT2D eigenvalue weighted by atomic mass is 16.6. The number of carbonyl (C=O) groups excluding carboxylic acids is 1. The standard InChI is InChI=1S/C12H15N3O4/c1-19-8-5-7(6-8)14-12(16)9-3-2-4-10(11(9)13)15(17)18/h2-4,7-8H,5-6,13H2,1H3,(H,14,16). The Hall–Kier alpha value is -2.15. The molecule has 1 aromatic carbocycles. The molecular formula is C12H15N3O4. The van der Waals surface area contributed by atoms with Crippen molar-refractivity contribution in [1.82, 2.24) is 5.32 Å². The number of nitrogens with zero attached hydrogens (tertiary/aromatic N) is 1. The zero-order valence-corrected chi connectivity index (χ0v) is 10.5. The van der Waals surface area contributed by atoms with E-state index in [9.17, 15) is 14.9 Å². The summed E-state index contributed by atoms with van der Waals surface area (Å²) in [6.07, 6.45) is 1.67. The molecule has 0 heterocycles. The molecule has 7 heteroatoms. The number of nitrogen functional groups attached to an aromatic ring is 1. The predicted octanol–water partition coefficient (Wildman–Crippen LogP) is 1.08. The van der Waals surface area contributed by atoms with Crippen molar-refractivity contribution < 1.29 is 14.5 Å². The Morgan fingerprint density at radius 1 is 1.53 bits per heavy atom. The van der Waals surface area contributed by atoms with E-state index in [1.54, 1.807) is 7.11 Å². The number of carbonyl (C=O) groups is 1. The van der Waals surface area contributed by atoms with E-state index < -0.39 is 4.92 Å². The van der Waals surface area contributed by atoms with Gasteiger partial charge in [-0.2, -0.15) is 0 Å². The summed E-state index contributed by atoms with van der Waals surface area (Å²) in [6, 6.07) is 4.24. The lowest BCUT2D eigenvalue weighted by atomic mass is 9.89. The molecule has 0 spiro atoms. The summed E-state index contributed by atoms with van der Waals surface area (Å²) < 4.78 is 5.11. The first kappa shape index (κ1) is 13.3. The molecule has 0 saturated heterocycles. The van der Waals surface area contributed by atoms with Crippen molar-refractivity contribution in [2.75, 3.05) is 12.8 Å². The van der Waals surface area contributed by atoms with Gasteiger partial charge in [0.2, 0.25) is 0 Å². The van der Waals surface area contributed by atoms with Crippen molar-refractivity contribution in [3.05, 3.63) is 33.9 Å². The van der Waals surface area contributed by atoms with Crippen molar-refractivity contribution in [3.63, 3.8) is 0 Å². The number of para-hydroxylation sites is 1. The smallest absolute Gasteiger partial charge is 0.292 e. The fourth-order valence-corrected chi connectivity index (χ4v) is 2.05. The zero-order valence-electron chi connectivity index (χ0n) is 10.5. The summed E-state index contributed by atoms with van der Waals surface area (Å²) in [5, 5.41) is 13.5. The van der Waals surface area contributed by atoms with Gasteiger partial charge in [-0.3, -0.25) is 14.9 Å². The van der Waals surface area contributed by atoms with Gasteiger partial charge in [-0.05, 0) is 18.9 Å². The number of hydrogen-bond acceptors (Lipinski definition) is 5. The van der Waals surface area contributed by atoms with E-state index in [1.165, 1.54) is 18.2 Å². The number of hydrogen-bond donors (Lipinski definition) is 2. The lowest BCUT2D eigenvalue weighted by Gasteiger charge is -2.34. The minimum absolute atomic E-state index is 0.0381. The van der Waals surface area contributed by atoms with E-state index in [0.29, 0.717) is 0 Å². The van der Waals surface area contributed by atoms with E-state index in [1.807, 2.05) is 0 Å². The van der Waals surface area contributed by atoms with Crippen LogP contribution in [0.3, 0.4) is 0 Å². The van der Waals surface area contributed by atoms with Crippen LogP contribution >= 0.6 is 0 Å². The quantitative estimate of drug-likeness (QED) is 0.481. The van der Waals surface area contributed by atoms with Gasteiger partial charge >= 0.3 is 0 Å². The maximum Gasteiger partial charge on any atom is 0.292 e. The van der Waals surface area contributed by atoms with Crippen LogP contribution < -0.4 is 11.1 Å². The Bertz CT molecular complexity index is 512. The molecule has 1 aliphatic rings. The van der Waals surface area contributed by atoms with Crippen molar-refractivity contribution in [3.8, 4) is 0 Å². The summed E-state index contributed by atoms with van der Waals surface area (Å²) in [5.74, 6) is -0.388. The number of ether oxygens (including phenoxy) is 1. The van der Waals surface area contributed by atoms with Gasteiger partial charge in [0.05, 0.1) is 16.6 Å². The number of nitrogens with one attached hydrogen (secondary N) is 1. The molecule has 0 aliphatic heterocycles. The van der Waals surface area contributed by atoms with Crippen molar-refractivity contribution in [2.45, 2.75) is 25.0 Å². The molecule has 2 rings (SSSR count). The third kappa shape index (κ3) is 2.65. The molecule has 1 amide bonds. The first-order valence-corrected chi connectivity index (χ1v) is 5.89. The third-order valence-corrected chi connectivity index (χ3v) is 3.29. The van der Waals surface area contributed by atoms with Gasteiger partial charge in [-0.25, -0.2) is 0 Å². The van der Waals surface area contributed by atoms with Crippen LogP contribution in [0.2, 0.25) is 0 Å². The normalized spacial score (nSPS) is 21.5. The van der Waals surface area contributed by atoms with Crippen LogP contribution in [0.5, 0.6) is 0 Å². The number of nitro groups is 1. The van der Waals surface area contributed by atoms with E-state index in [-0.39, 0.29) is 35.0 Å². The molecular weight excluding hydrogens is 250 g/mol. The van der Waals surface area contributed by atoms with Gasteiger partial charge < -0.3 is 15.8 Å². The molecule has 1 fully saturated rings. The molecule has 7 nitrogen and oxygen atoms in total. The first-order chi connectivity index (χ1) is 9.02. The highest BCUT2D eigenvalue weighted by Crippen LogP contribution is 2.26. The number of nitrogens with two attached hydrogens (primary N) is 1. The number of methoxy groups -OCH3 is 1. The first-order valence-electron chi connectivity index (χ1n) is 5.89. The van der Waals surface area contributed by atoms with Gasteiger partial charge in [-0.1, -0.05) is 6.07 Å². The topological polar surface area (TPSA) is 107 Å². The van der Waals surface area contributed by atoms with Crippen LogP contribution in [0.1, 0.15) is 23.2 Å². The van der Waals surface area contributed by atoms with Gasteiger partial charge in [-0.15, -0.1) is 0 Å². The maximum absolute atomic E-state index is 12.0. The number of benzene rings is 1. The minimum atomic E-state index is -0.601. The molecule has 1 aliphatic carbocycles. The van der Waals surface area contributed by atoms with Gasteiger partial charge in [0, 0.05) is 19.2 Å². The molecule has 0 atom stereocenters. The Balaban J connectivity index is 2.08. The second kappa shape index (κ2) is 5.23. The van der Waals surface area contributed by atoms with Crippen LogP contribution in [0, 0.1) is 10.1 Å². The second-order valence-corrected chi connectivity index (χ2v) is 4.49. The molecule has 0 bridgehead atoms. The SMILES string of the molecule is COC1CC(NC(=O)c2cccc([N+](=O)[O-])c2N)C1. The zero-order chi connectivity index (χ0) is 14.0. The van der Waals surface area contributed by atoms with Crippen molar-refractivity contribution >= 4 is 17.3 Å². The third-order valence-electron chi connectivity index (χ3n) is 3.29. The van der Waals surface area contributed by atoms with Crippen LogP contribution in [0.4, 0.5) is 11.4 Å². The molecule has 1 aromatic rings. The van der Waals surface area contributed by atoms with Gasteiger partial charge in [0.25, 0.3) is 11.6 Å². The van der Waals surface area contributed by atoms with E-state index in [0.717, 1.165) is 12.8 Å². The van der Waals surface area contributed by atoms with Gasteiger partial charge in [0.1, 0.15) is 5.69 Å². The molecule has 0 radical (unpaired) electrons. The highest BCUT2D eigenvalue weighted by molar-refractivity contribution is 6.01. The Morgan fingerprint density at radius 3 is 2.79 bits per heavy atom. The summed E-state index contributed by atoms with van der Waals surface area (Å²) in [7, 11) is 1.63. The van der Waals surface area contributed by atoms with E-state index in [2.05, 4.69) is 5.32 Å². The molecule has 0 unspecified atom stereocenters. The average Bonchev–Trinajstić information content (AvgIpc) is 2.32. The number of rotatable bonds is 4. The lowest BCUT2D eigenvalue weighted by Crippen LogP contribution is -2.47. The summed E-state index contributed by atoms with van der Waals surface area (Å²) in [6.45, 7) is 0. The summed E-state index contributed by atoms with van der Waals surface area (Å²) >= 11 is 0. The fourth-order valence-electron chi connectivity index (χ4n) is 2.05. The largest absolute Gasteiger partial charge is 0.393 e. The second-order valence-electron chi connectivity index (χ2n) is 4.49. The van der Waals surface area contributed by atoms with Crippen LogP contribution in [-0.4, -0.2) is 30.1 Å². The predicted molar refractivity (Wildman–Crippen MR) is 68.8 cm³/mol. The van der Waals surface area contributed by atoms with Crippen LogP contribution in [0.15, 0.2) is 18.2 Å². The summed E-state index contributed by atoms with van der Waals surface area (Å²) in [5.41, 5.74) is 5.42. The van der Waals surface area contributed by atoms with Crippen LogP contribution in [0.25, 0.3) is 0 Å². The maximum atomic E-state index is 12.0. The number of amides is 1. The van der Waals surface area contributed by atoms with Crippen molar-refractivity contribution in [2.24, 2.45) is 0 Å². The minimum Gasteiger partial charge on any atom is -0.393 e. The number of anilines is 1. The average molecular weight is 265 g/mol. The van der Waals surface area contributed by atoms with Gasteiger partial charge in [0.15, 0.2) is 0 Å². The van der Waals surface area contributed by atoms with Crippen LogP contribution in [-0.2, 0) is 4.74 Å². The molecule has 0 aromatic heterocycles. The monoisotopic (exact) mass is 265 g/mol. The highest BCUT2D eigenvalue weighted by Gasteiger charge is 2.31. The number of nitro benzene ring substituents is 1. The molecule has 102 valence electrons. The molecule has 1 saturated carbocycles. The lowest BCUT2D eigenvalue weighted by molar-refractivity contribution is -0.383. The molecule has 19 heavy (non-hydrogen) atoms. The Kier molecular flexibility index (Phi) is 3.66. The van der Waals surface area contributed by atoms with E-state index in [4.69, 9.17) is 10.5 Å². The Labute approximate surface area is 109 Å². The summed E-state index contributed by atoms with van der Waals surface area (Å²) in [4.78, 5) is 22.1.